The van der Waals surface area contributed by atoms with Crippen molar-refractivity contribution in [2.45, 2.75) is 73.1 Å². The van der Waals surface area contributed by atoms with E-state index in [4.69, 9.17) is 0 Å². The fourth-order valence-electron chi connectivity index (χ4n) is 1.20. The molecule has 0 bridgehead atoms. The molecule has 0 saturated heterocycles. The number of unbranched alkanes of at least 4 members (excludes halogenated alkanes) is 2. The van der Waals surface area contributed by atoms with Crippen LogP contribution in [0, 0.1) is 5.92 Å². The van der Waals surface area contributed by atoms with Gasteiger partial charge in [0.15, 0.2) is 0 Å². The largest absolute Gasteiger partial charge is 0.255 e. The van der Waals surface area contributed by atoms with Gasteiger partial charge in [0.2, 0.25) is 0 Å². The summed E-state index contributed by atoms with van der Waals surface area (Å²) in [6.07, 6.45) is 5.91. The maximum Gasteiger partial charge on any atom is 0.0897 e. The second-order valence-corrected chi connectivity index (χ2v) is 4.09. The minimum absolute atomic E-state index is 0.145. The van der Waals surface area contributed by atoms with Gasteiger partial charge >= 0.3 is 0 Å². The van der Waals surface area contributed by atoms with E-state index in [2.05, 4.69) is 20.8 Å². The molecule has 0 spiro atoms. The molecule has 0 aromatic heterocycles. The summed E-state index contributed by atoms with van der Waals surface area (Å²) in [5, 5.41) is 0. The Morgan fingerprint density at radius 1 is 0.583 bits per heavy atom. The van der Waals surface area contributed by atoms with Gasteiger partial charge in [-0.15, -0.1) is 0 Å². The minimum Gasteiger partial charge on any atom is -0.255 e. The summed E-state index contributed by atoms with van der Waals surface area (Å²) < 4.78 is 62.4. The van der Waals surface area contributed by atoms with E-state index in [0.29, 0.717) is 20.3 Å². The van der Waals surface area contributed by atoms with Gasteiger partial charge in [-0.05, 0) is 32.6 Å². The Kier molecular flexibility index (Phi) is 108. The first-order valence-corrected chi connectivity index (χ1v) is 8.59. The smallest absolute Gasteiger partial charge is 0.0897 e. The van der Waals surface area contributed by atoms with E-state index in [9.17, 15) is 26.3 Å². The molecule has 0 aliphatic rings. The molecule has 24 heavy (non-hydrogen) atoms. The monoisotopic (exact) mass is 372 g/mol. The van der Waals surface area contributed by atoms with E-state index in [1.165, 1.54) is 13.8 Å². The number of rotatable bonds is 7. The van der Waals surface area contributed by atoms with Crippen molar-refractivity contribution in [2.24, 2.45) is 5.92 Å². The van der Waals surface area contributed by atoms with Crippen LogP contribution in [0.15, 0.2) is 0 Å². The Hall–Kier alpha value is -0.420. The number of hydrogen-bond donors (Lipinski definition) is 0. The van der Waals surface area contributed by atoms with E-state index in [0.717, 1.165) is 38.5 Å². The minimum atomic E-state index is -0.250. The first-order valence-electron chi connectivity index (χ1n) is 8.59. The third kappa shape index (κ3) is 99.6. The van der Waals surface area contributed by atoms with E-state index in [1.807, 2.05) is 0 Å². The normalized spacial score (nSPS) is 7.75. The molecule has 0 fully saturated rings. The van der Waals surface area contributed by atoms with Crippen LogP contribution >= 0.6 is 0 Å². The van der Waals surface area contributed by atoms with Crippen molar-refractivity contribution >= 4 is 0 Å². The molecule has 0 aliphatic carbocycles. The molecule has 6 heteroatoms. The van der Waals surface area contributed by atoms with Gasteiger partial charge in [-0.2, -0.15) is 0 Å². The van der Waals surface area contributed by atoms with Crippen LogP contribution in [0.3, 0.4) is 0 Å². The van der Waals surface area contributed by atoms with E-state index < -0.39 is 0 Å². The molecule has 0 aliphatic heterocycles. The Morgan fingerprint density at radius 2 is 0.917 bits per heavy atom. The van der Waals surface area contributed by atoms with Crippen LogP contribution in [0.1, 0.15) is 73.1 Å². The van der Waals surface area contributed by atoms with Crippen molar-refractivity contribution in [1.82, 2.24) is 0 Å². The SMILES string of the molecule is CCC(CC)CCF.CCCCCF.CCF.CCF.CF.CF. The number of alkyl halides is 6. The lowest BCUT2D eigenvalue weighted by atomic mass is 10.0. The van der Waals surface area contributed by atoms with E-state index in [-0.39, 0.29) is 26.7 Å². The lowest BCUT2D eigenvalue weighted by Gasteiger charge is -2.06. The van der Waals surface area contributed by atoms with Crippen LogP contribution in [0.2, 0.25) is 0 Å². The van der Waals surface area contributed by atoms with Crippen molar-refractivity contribution in [3.05, 3.63) is 0 Å². The lowest BCUT2D eigenvalue weighted by molar-refractivity contribution is 0.371. The van der Waals surface area contributed by atoms with Crippen LogP contribution in [0.4, 0.5) is 26.3 Å². The summed E-state index contributed by atoms with van der Waals surface area (Å²) in [5.74, 6) is 0.625. The zero-order chi connectivity index (χ0) is 20.6. The van der Waals surface area contributed by atoms with Gasteiger partial charge in [-0.3, -0.25) is 26.3 Å². The van der Waals surface area contributed by atoms with Gasteiger partial charge in [0.05, 0.1) is 41.1 Å². The molecule has 0 radical (unpaired) electrons. The molecule has 0 unspecified atom stereocenters. The van der Waals surface area contributed by atoms with Gasteiger partial charge in [0, 0.05) is 0 Å². The highest BCUT2D eigenvalue weighted by Gasteiger charge is 2.00. The Morgan fingerprint density at radius 3 is 1.00 bits per heavy atom. The van der Waals surface area contributed by atoms with E-state index >= 15 is 0 Å². The summed E-state index contributed by atoms with van der Waals surface area (Å²) in [4.78, 5) is 0. The fraction of sp³-hybridized carbons (Fsp3) is 1.00. The molecule has 0 atom stereocenters. The molecular formula is C18H42F6. The van der Waals surface area contributed by atoms with Gasteiger partial charge < -0.3 is 0 Å². The van der Waals surface area contributed by atoms with Crippen molar-refractivity contribution in [1.29, 1.82) is 0 Å². The fourth-order valence-corrected chi connectivity index (χ4v) is 1.20. The maximum atomic E-state index is 11.6. The number of halogens is 6. The maximum absolute atomic E-state index is 11.6. The molecule has 0 saturated carbocycles. The highest BCUT2D eigenvalue weighted by Crippen LogP contribution is 2.11. The van der Waals surface area contributed by atoms with Gasteiger partial charge in [0.1, 0.15) is 0 Å². The Bertz CT molecular complexity index is 106. The molecule has 156 valence electrons. The molecule has 0 heterocycles. The topological polar surface area (TPSA) is 0 Å². The second kappa shape index (κ2) is 66.4. The lowest BCUT2D eigenvalue weighted by Crippen LogP contribution is -1.96. The molecular weight excluding hydrogens is 330 g/mol. The van der Waals surface area contributed by atoms with Gasteiger partial charge in [-0.1, -0.05) is 46.5 Å². The first-order chi connectivity index (χ1) is 11.6. The average molecular weight is 373 g/mol. The van der Waals surface area contributed by atoms with E-state index in [1.54, 1.807) is 0 Å². The standard InChI is InChI=1S/C7H15F.C5H11F.2C2H5F.2CH3F/c1-3-7(4-2)5-6-8;1-2-3-4-5-6;2*1-2-3;2*1-2/h7H,3-6H2,1-2H3;2-5H2,1H3;2*2H2,1H3;2*1H3. The zero-order valence-electron chi connectivity index (χ0n) is 16.9. The van der Waals surface area contributed by atoms with Crippen LogP contribution in [0.25, 0.3) is 0 Å². The molecule has 0 aromatic rings. The highest BCUT2D eigenvalue weighted by atomic mass is 19.1. The second-order valence-electron chi connectivity index (χ2n) is 4.09. The molecule has 0 N–H and O–H groups in total. The van der Waals surface area contributed by atoms with Crippen LogP contribution < -0.4 is 0 Å². The predicted molar refractivity (Wildman–Crippen MR) is 97.5 cm³/mol. The van der Waals surface area contributed by atoms with Crippen molar-refractivity contribution in [3.63, 3.8) is 0 Å². The molecule has 0 rings (SSSR count). The van der Waals surface area contributed by atoms with Gasteiger partial charge in [-0.25, -0.2) is 0 Å². The average Bonchev–Trinajstić information content (AvgIpc) is 2.63. The van der Waals surface area contributed by atoms with Crippen LogP contribution in [-0.2, 0) is 0 Å². The van der Waals surface area contributed by atoms with Crippen molar-refractivity contribution < 1.29 is 26.3 Å². The Balaban J connectivity index is -0.0000000448. The summed E-state index contributed by atoms with van der Waals surface area (Å²) >= 11 is 0. The molecule has 0 nitrogen and oxygen atoms in total. The van der Waals surface area contributed by atoms with Crippen molar-refractivity contribution in [2.75, 3.05) is 41.1 Å². The van der Waals surface area contributed by atoms with Crippen LogP contribution in [-0.4, -0.2) is 41.1 Å². The summed E-state index contributed by atoms with van der Waals surface area (Å²) in [6.45, 7) is 8.42. The van der Waals surface area contributed by atoms with Crippen molar-refractivity contribution in [3.8, 4) is 0 Å². The van der Waals surface area contributed by atoms with Crippen LogP contribution in [0.5, 0.6) is 0 Å². The highest BCUT2D eigenvalue weighted by molar-refractivity contribution is 4.52. The summed E-state index contributed by atoms with van der Waals surface area (Å²) in [5.41, 5.74) is 0. The zero-order valence-corrected chi connectivity index (χ0v) is 16.9. The van der Waals surface area contributed by atoms with Gasteiger partial charge in [0.25, 0.3) is 0 Å². The quantitative estimate of drug-likeness (QED) is 0.313. The molecule has 0 aromatic carbocycles. The predicted octanol–water partition coefficient (Wildman–Crippen LogP) is 8.05. The number of hydrogen-bond acceptors (Lipinski definition) is 0. The third-order valence-electron chi connectivity index (χ3n) is 2.41. The molecule has 0 amide bonds. The summed E-state index contributed by atoms with van der Waals surface area (Å²) in [7, 11) is 1.00. The third-order valence-corrected chi connectivity index (χ3v) is 2.41. The first kappa shape index (κ1) is 38.9. The Labute approximate surface area is 147 Å². The summed E-state index contributed by atoms with van der Waals surface area (Å²) in [6, 6.07) is 0.